The number of nitrogens with zero attached hydrogens (tertiary/aromatic N) is 2. The first-order valence-corrected chi connectivity index (χ1v) is 4.32. The number of carbonyl (C=O) groups is 1. The molecule has 6 nitrogen and oxygen atoms in total. The van der Waals surface area contributed by atoms with Gasteiger partial charge in [-0.1, -0.05) is 11.2 Å². The third kappa shape index (κ3) is 3.63. The molecule has 2 N–H and O–H groups in total. The highest BCUT2D eigenvalue weighted by Gasteiger charge is 2.03. The van der Waals surface area contributed by atoms with Crippen LogP contribution in [0.1, 0.15) is 12.6 Å². The van der Waals surface area contributed by atoms with Gasteiger partial charge in [-0.05, 0) is 19.1 Å². The van der Waals surface area contributed by atoms with E-state index in [0.29, 0.717) is 5.69 Å². The topological polar surface area (TPSA) is 86.8 Å². The van der Waals surface area contributed by atoms with Gasteiger partial charge < -0.3 is 10.5 Å². The van der Waals surface area contributed by atoms with Gasteiger partial charge in [0, 0.05) is 6.20 Å². The van der Waals surface area contributed by atoms with Gasteiger partial charge in [0.15, 0.2) is 5.84 Å². The molecular weight excluding hydrogens is 198 g/mol. The van der Waals surface area contributed by atoms with E-state index in [1.54, 1.807) is 31.3 Å². The standard InChI is InChI=1S/C9H11N3O3/c1-2-14-9(13)15-12-8(10)7-5-3-4-6-11-7/h3-6H,2H2,1H3,(H2,10,12). The number of hydrogen-bond acceptors (Lipinski definition) is 5. The first-order valence-electron chi connectivity index (χ1n) is 4.32. The number of nitrogens with two attached hydrogens (primary N) is 1. The number of amidine groups is 1. The molecule has 0 spiro atoms. The molecule has 1 aromatic rings. The maximum Gasteiger partial charge on any atom is 0.535 e. The highest BCUT2D eigenvalue weighted by Crippen LogP contribution is 1.94. The van der Waals surface area contributed by atoms with Crippen molar-refractivity contribution < 1.29 is 14.4 Å². The summed E-state index contributed by atoms with van der Waals surface area (Å²) in [7, 11) is 0. The minimum Gasteiger partial charge on any atom is -0.433 e. The Morgan fingerprint density at radius 1 is 1.60 bits per heavy atom. The van der Waals surface area contributed by atoms with Gasteiger partial charge >= 0.3 is 6.16 Å². The van der Waals surface area contributed by atoms with Crippen LogP contribution in [0.25, 0.3) is 0 Å². The van der Waals surface area contributed by atoms with Crippen molar-refractivity contribution in [2.75, 3.05) is 6.61 Å². The van der Waals surface area contributed by atoms with Gasteiger partial charge in [0.1, 0.15) is 5.69 Å². The van der Waals surface area contributed by atoms with Gasteiger partial charge in [0.25, 0.3) is 0 Å². The van der Waals surface area contributed by atoms with E-state index in [2.05, 4.69) is 19.7 Å². The molecule has 0 saturated carbocycles. The molecule has 0 amide bonds. The zero-order chi connectivity index (χ0) is 11.1. The molecule has 0 radical (unpaired) electrons. The Bertz CT molecular complexity index is 351. The summed E-state index contributed by atoms with van der Waals surface area (Å²) in [6, 6.07) is 5.13. The van der Waals surface area contributed by atoms with E-state index in [1.165, 1.54) is 0 Å². The van der Waals surface area contributed by atoms with Crippen LogP contribution in [0, 0.1) is 0 Å². The molecular formula is C9H11N3O3. The summed E-state index contributed by atoms with van der Waals surface area (Å²) in [5, 5.41) is 3.37. The van der Waals surface area contributed by atoms with Crippen LogP contribution in [-0.4, -0.2) is 23.6 Å². The molecule has 6 heteroatoms. The van der Waals surface area contributed by atoms with Crippen molar-refractivity contribution in [3.63, 3.8) is 0 Å². The summed E-state index contributed by atoms with van der Waals surface area (Å²) in [6.45, 7) is 1.88. The minimum atomic E-state index is -0.892. The van der Waals surface area contributed by atoms with Gasteiger partial charge in [-0.25, -0.2) is 4.79 Å². The molecule has 0 unspecified atom stereocenters. The summed E-state index contributed by atoms with van der Waals surface area (Å²) in [5.74, 6) is 0.0173. The highest BCUT2D eigenvalue weighted by molar-refractivity contribution is 5.95. The molecule has 1 aromatic heterocycles. The molecule has 15 heavy (non-hydrogen) atoms. The molecule has 0 aliphatic heterocycles. The third-order valence-corrected chi connectivity index (χ3v) is 1.41. The number of hydrogen-bond donors (Lipinski definition) is 1. The maximum absolute atomic E-state index is 10.8. The Balaban J connectivity index is 2.57. The van der Waals surface area contributed by atoms with Crippen LogP contribution in [0.2, 0.25) is 0 Å². The predicted molar refractivity (Wildman–Crippen MR) is 53.1 cm³/mol. The van der Waals surface area contributed by atoms with Crippen molar-refractivity contribution in [1.29, 1.82) is 0 Å². The lowest BCUT2D eigenvalue weighted by Gasteiger charge is -1.99. The lowest BCUT2D eigenvalue weighted by molar-refractivity contribution is 0.0612. The van der Waals surface area contributed by atoms with E-state index in [-0.39, 0.29) is 12.4 Å². The second-order valence-electron chi connectivity index (χ2n) is 2.47. The minimum absolute atomic E-state index is 0.0173. The average Bonchev–Trinajstić information content (AvgIpc) is 2.27. The molecule has 1 rings (SSSR count). The van der Waals surface area contributed by atoms with Crippen molar-refractivity contribution >= 4 is 12.0 Å². The lowest BCUT2D eigenvalue weighted by atomic mass is 10.3. The molecule has 80 valence electrons. The van der Waals surface area contributed by atoms with Crippen LogP contribution >= 0.6 is 0 Å². The normalized spacial score (nSPS) is 10.9. The Morgan fingerprint density at radius 3 is 3.00 bits per heavy atom. The van der Waals surface area contributed by atoms with E-state index >= 15 is 0 Å². The van der Waals surface area contributed by atoms with E-state index < -0.39 is 6.16 Å². The van der Waals surface area contributed by atoms with Gasteiger partial charge in [-0.2, -0.15) is 0 Å². The Hall–Kier alpha value is -2.11. The van der Waals surface area contributed by atoms with Crippen molar-refractivity contribution in [3.8, 4) is 0 Å². The van der Waals surface area contributed by atoms with Gasteiger partial charge in [-0.15, -0.1) is 0 Å². The molecule has 0 aliphatic carbocycles. The van der Waals surface area contributed by atoms with Crippen molar-refractivity contribution in [2.45, 2.75) is 6.92 Å². The Kier molecular flexibility index (Phi) is 4.08. The van der Waals surface area contributed by atoms with Crippen LogP contribution < -0.4 is 5.73 Å². The summed E-state index contributed by atoms with van der Waals surface area (Å²) >= 11 is 0. The summed E-state index contributed by atoms with van der Waals surface area (Å²) < 4.78 is 4.48. The smallest absolute Gasteiger partial charge is 0.433 e. The Morgan fingerprint density at radius 2 is 2.40 bits per heavy atom. The molecule has 0 atom stereocenters. The zero-order valence-electron chi connectivity index (χ0n) is 8.21. The van der Waals surface area contributed by atoms with Gasteiger partial charge in [0.05, 0.1) is 6.61 Å². The third-order valence-electron chi connectivity index (χ3n) is 1.41. The lowest BCUT2D eigenvalue weighted by Crippen LogP contribution is -2.16. The van der Waals surface area contributed by atoms with E-state index in [1.807, 2.05) is 0 Å². The van der Waals surface area contributed by atoms with Crippen LogP contribution in [0.5, 0.6) is 0 Å². The fourth-order valence-corrected chi connectivity index (χ4v) is 0.792. The monoisotopic (exact) mass is 209 g/mol. The predicted octanol–water partition coefficient (Wildman–Crippen LogP) is 0.875. The largest absolute Gasteiger partial charge is 0.535 e. The average molecular weight is 209 g/mol. The fourth-order valence-electron chi connectivity index (χ4n) is 0.792. The second-order valence-corrected chi connectivity index (χ2v) is 2.47. The quantitative estimate of drug-likeness (QED) is 0.262. The van der Waals surface area contributed by atoms with Crippen molar-refractivity contribution in [3.05, 3.63) is 30.1 Å². The summed E-state index contributed by atoms with van der Waals surface area (Å²) in [5.41, 5.74) is 5.93. The maximum atomic E-state index is 10.8. The molecule has 0 saturated heterocycles. The fraction of sp³-hybridized carbons (Fsp3) is 0.222. The number of aromatic nitrogens is 1. The molecule has 0 aromatic carbocycles. The number of rotatable bonds is 3. The molecule has 0 bridgehead atoms. The van der Waals surface area contributed by atoms with Gasteiger partial charge in [0.2, 0.25) is 0 Å². The number of oxime groups is 1. The number of pyridine rings is 1. The zero-order valence-corrected chi connectivity index (χ0v) is 8.21. The molecule has 0 aliphatic rings. The van der Waals surface area contributed by atoms with Crippen LogP contribution in [0.15, 0.2) is 29.6 Å². The second kappa shape index (κ2) is 5.58. The van der Waals surface area contributed by atoms with Crippen LogP contribution in [0.4, 0.5) is 4.79 Å². The molecule has 1 heterocycles. The van der Waals surface area contributed by atoms with E-state index in [9.17, 15) is 4.79 Å². The number of ether oxygens (including phenoxy) is 1. The van der Waals surface area contributed by atoms with E-state index in [4.69, 9.17) is 5.73 Å². The first-order chi connectivity index (χ1) is 7.24. The summed E-state index contributed by atoms with van der Waals surface area (Å²) in [6.07, 6.45) is 0.665. The van der Waals surface area contributed by atoms with Crippen molar-refractivity contribution in [1.82, 2.24) is 4.98 Å². The van der Waals surface area contributed by atoms with E-state index in [0.717, 1.165) is 0 Å². The van der Waals surface area contributed by atoms with Gasteiger partial charge in [-0.3, -0.25) is 9.82 Å². The number of carbonyl (C=O) groups excluding carboxylic acids is 1. The van der Waals surface area contributed by atoms with Crippen LogP contribution in [-0.2, 0) is 9.57 Å². The van der Waals surface area contributed by atoms with Crippen molar-refractivity contribution in [2.24, 2.45) is 10.9 Å². The summed E-state index contributed by atoms with van der Waals surface area (Å²) in [4.78, 5) is 19.0. The SMILES string of the molecule is CCOC(=O)ON=C(N)c1ccccn1. The highest BCUT2D eigenvalue weighted by atomic mass is 16.8. The first kappa shape index (κ1) is 11.0. The van der Waals surface area contributed by atoms with Crippen LogP contribution in [0.3, 0.4) is 0 Å². The Labute approximate surface area is 86.7 Å². The molecule has 0 fully saturated rings.